The largest absolute Gasteiger partial charge is 0.346 e. The first-order chi connectivity index (χ1) is 10.3. The lowest BCUT2D eigenvalue weighted by Crippen LogP contribution is -2.20. The van der Waals surface area contributed by atoms with Gasteiger partial charge < -0.3 is 10.3 Å². The molecule has 1 atom stereocenters. The number of hydrogen-bond acceptors (Lipinski definition) is 5. The van der Waals surface area contributed by atoms with Crippen LogP contribution in [0.1, 0.15) is 22.9 Å². The number of tetrazole rings is 1. The summed E-state index contributed by atoms with van der Waals surface area (Å²) < 4.78 is 1.73. The van der Waals surface area contributed by atoms with E-state index in [1.807, 2.05) is 0 Å². The first-order valence-corrected chi connectivity index (χ1v) is 6.63. The molecule has 0 fully saturated rings. The van der Waals surface area contributed by atoms with Gasteiger partial charge in [0.05, 0.1) is 18.2 Å². The number of rotatable bonds is 2. The van der Waals surface area contributed by atoms with E-state index in [2.05, 4.69) is 68.1 Å². The van der Waals surface area contributed by atoms with Crippen molar-refractivity contribution in [3.63, 3.8) is 0 Å². The highest BCUT2D eigenvalue weighted by atomic mass is 15.6. The summed E-state index contributed by atoms with van der Waals surface area (Å²) in [5.41, 5.74) is 4.25. The predicted octanol–water partition coefficient (Wildman–Crippen LogP) is 1.76. The minimum atomic E-state index is -0.102. The average molecular weight is 279 g/mol. The Labute approximate surface area is 120 Å². The van der Waals surface area contributed by atoms with Gasteiger partial charge in [0.15, 0.2) is 0 Å². The Morgan fingerprint density at radius 3 is 2.81 bits per heavy atom. The van der Waals surface area contributed by atoms with E-state index in [1.54, 1.807) is 17.2 Å². The molecule has 1 aromatic carbocycles. The van der Waals surface area contributed by atoms with Crippen molar-refractivity contribution < 1.29 is 0 Å². The molecule has 7 heteroatoms. The zero-order chi connectivity index (χ0) is 14.2. The molecule has 0 aliphatic carbocycles. The van der Waals surface area contributed by atoms with Gasteiger partial charge in [-0.3, -0.25) is 0 Å². The van der Waals surface area contributed by atoms with Gasteiger partial charge in [0.25, 0.3) is 0 Å². The number of imidazole rings is 1. The zero-order valence-corrected chi connectivity index (χ0v) is 11.4. The molecule has 0 amide bonds. The molecule has 7 nitrogen and oxygen atoms in total. The number of allylic oxidation sites excluding steroid dienone is 1. The van der Waals surface area contributed by atoms with Crippen LogP contribution >= 0.6 is 0 Å². The molecule has 2 aromatic heterocycles. The van der Waals surface area contributed by atoms with Crippen LogP contribution in [0.3, 0.4) is 0 Å². The molecule has 4 rings (SSSR count). The monoisotopic (exact) mass is 279 g/mol. The Kier molecular flexibility index (Phi) is 2.56. The van der Waals surface area contributed by atoms with Crippen LogP contribution in [0, 0.1) is 6.92 Å². The van der Waals surface area contributed by atoms with Crippen LogP contribution in [0.2, 0.25) is 0 Å². The van der Waals surface area contributed by atoms with Crippen LogP contribution in [0.25, 0.3) is 5.70 Å². The van der Waals surface area contributed by atoms with E-state index in [9.17, 15) is 0 Å². The molecule has 1 aliphatic rings. The summed E-state index contributed by atoms with van der Waals surface area (Å²) in [6.45, 7) is 2.07. The molecule has 0 bridgehead atoms. The van der Waals surface area contributed by atoms with Gasteiger partial charge in [-0.2, -0.15) is 4.68 Å². The molecule has 104 valence electrons. The number of aryl methyl sites for hydroxylation is 1. The third-order valence-electron chi connectivity index (χ3n) is 3.53. The molecule has 3 heterocycles. The van der Waals surface area contributed by atoms with Crippen molar-refractivity contribution in [1.82, 2.24) is 30.2 Å². The van der Waals surface area contributed by atoms with Crippen LogP contribution in [-0.4, -0.2) is 30.2 Å². The smallest absolute Gasteiger partial charge is 0.248 e. The van der Waals surface area contributed by atoms with Gasteiger partial charge >= 0.3 is 0 Å². The fourth-order valence-corrected chi connectivity index (χ4v) is 2.41. The zero-order valence-electron chi connectivity index (χ0n) is 11.4. The standard InChI is InChI=1S/C14H13N7/c1-9-2-4-10(5-3-9)11-6-13(12-7-15-8-16-12)21-14(17-11)18-19-20-21/h2-8,13H,1H3,(H,15,16)(H,17,18,20). The van der Waals surface area contributed by atoms with Gasteiger partial charge in [0.1, 0.15) is 6.04 Å². The van der Waals surface area contributed by atoms with Crippen LogP contribution in [0.4, 0.5) is 5.95 Å². The van der Waals surface area contributed by atoms with Crippen LogP contribution in [0.5, 0.6) is 0 Å². The molecule has 2 N–H and O–H groups in total. The number of aromatic nitrogens is 6. The number of hydrogen-bond donors (Lipinski definition) is 2. The topological polar surface area (TPSA) is 84.3 Å². The molecule has 0 radical (unpaired) electrons. The van der Waals surface area contributed by atoms with E-state index in [1.165, 1.54) is 5.56 Å². The number of aromatic amines is 1. The Morgan fingerprint density at radius 1 is 1.19 bits per heavy atom. The lowest BCUT2D eigenvalue weighted by molar-refractivity contribution is 0.576. The highest BCUT2D eigenvalue weighted by molar-refractivity contribution is 5.76. The van der Waals surface area contributed by atoms with Crippen molar-refractivity contribution in [2.75, 3.05) is 5.32 Å². The Hall–Kier alpha value is -2.96. The normalized spacial score (nSPS) is 17.0. The quantitative estimate of drug-likeness (QED) is 0.746. The third kappa shape index (κ3) is 1.99. The second-order valence-corrected chi connectivity index (χ2v) is 4.97. The predicted molar refractivity (Wildman–Crippen MR) is 77.3 cm³/mol. The molecule has 0 saturated heterocycles. The van der Waals surface area contributed by atoms with E-state index in [-0.39, 0.29) is 6.04 Å². The van der Waals surface area contributed by atoms with Gasteiger partial charge in [-0.1, -0.05) is 34.9 Å². The Balaban J connectivity index is 1.80. The van der Waals surface area contributed by atoms with Crippen molar-refractivity contribution in [3.05, 3.63) is 59.7 Å². The second kappa shape index (κ2) is 4.55. The maximum atomic E-state index is 4.08. The van der Waals surface area contributed by atoms with E-state index in [4.69, 9.17) is 0 Å². The van der Waals surface area contributed by atoms with Gasteiger partial charge in [0.2, 0.25) is 5.95 Å². The summed E-state index contributed by atoms with van der Waals surface area (Å²) in [5.74, 6) is 0.618. The van der Waals surface area contributed by atoms with Gasteiger partial charge in [0, 0.05) is 5.70 Å². The maximum Gasteiger partial charge on any atom is 0.248 e. The summed E-state index contributed by atoms with van der Waals surface area (Å²) in [7, 11) is 0. The average Bonchev–Trinajstić information content (AvgIpc) is 3.18. The Bertz CT molecular complexity index is 783. The van der Waals surface area contributed by atoms with Gasteiger partial charge in [-0.05, 0) is 29.0 Å². The minimum absolute atomic E-state index is 0.102. The SMILES string of the molecule is Cc1ccc(C2=CC(c3cnc[nH]3)n3nnnc3N2)cc1. The Morgan fingerprint density at radius 2 is 2.05 bits per heavy atom. The molecule has 21 heavy (non-hydrogen) atoms. The van der Waals surface area contributed by atoms with Gasteiger partial charge in [-0.15, -0.1) is 0 Å². The van der Waals surface area contributed by atoms with E-state index in [0.29, 0.717) is 5.95 Å². The lowest BCUT2D eigenvalue weighted by Gasteiger charge is -2.22. The molecule has 0 spiro atoms. The number of nitrogens with one attached hydrogen (secondary N) is 2. The third-order valence-corrected chi connectivity index (χ3v) is 3.53. The fraction of sp³-hybridized carbons (Fsp3) is 0.143. The number of anilines is 1. The second-order valence-electron chi connectivity index (χ2n) is 4.97. The molecular weight excluding hydrogens is 266 g/mol. The van der Waals surface area contributed by atoms with E-state index in [0.717, 1.165) is 17.0 Å². The minimum Gasteiger partial charge on any atom is -0.346 e. The first-order valence-electron chi connectivity index (χ1n) is 6.63. The van der Waals surface area contributed by atoms with Crippen LogP contribution in [-0.2, 0) is 0 Å². The molecule has 1 unspecified atom stereocenters. The summed E-state index contributed by atoms with van der Waals surface area (Å²) in [5, 5.41) is 15.1. The van der Waals surface area contributed by atoms with Crippen molar-refractivity contribution in [2.45, 2.75) is 13.0 Å². The summed E-state index contributed by atoms with van der Waals surface area (Å²) >= 11 is 0. The first kappa shape index (κ1) is 11.8. The summed E-state index contributed by atoms with van der Waals surface area (Å²) in [6, 6.07) is 8.23. The van der Waals surface area contributed by atoms with E-state index >= 15 is 0 Å². The van der Waals surface area contributed by atoms with Gasteiger partial charge in [-0.25, -0.2) is 4.98 Å². The van der Waals surface area contributed by atoms with Crippen molar-refractivity contribution >= 4 is 11.6 Å². The maximum absolute atomic E-state index is 4.08. The van der Waals surface area contributed by atoms with Crippen molar-refractivity contribution in [2.24, 2.45) is 0 Å². The number of H-pyrrole nitrogens is 1. The van der Waals surface area contributed by atoms with Crippen LogP contribution in [0.15, 0.2) is 42.9 Å². The highest BCUT2D eigenvalue weighted by Crippen LogP contribution is 2.30. The van der Waals surface area contributed by atoms with Crippen molar-refractivity contribution in [1.29, 1.82) is 0 Å². The number of nitrogens with zero attached hydrogens (tertiary/aromatic N) is 5. The van der Waals surface area contributed by atoms with Crippen molar-refractivity contribution in [3.8, 4) is 0 Å². The summed E-state index contributed by atoms with van der Waals surface area (Å²) in [4.78, 5) is 7.20. The molecule has 0 saturated carbocycles. The number of benzene rings is 1. The fourth-order valence-electron chi connectivity index (χ4n) is 2.41. The molecule has 1 aliphatic heterocycles. The highest BCUT2D eigenvalue weighted by Gasteiger charge is 2.24. The lowest BCUT2D eigenvalue weighted by atomic mass is 10.1. The number of fused-ring (bicyclic) bond motifs is 1. The molecular formula is C14H13N7. The van der Waals surface area contributed by atoms with E-state index < -0.39 is 0 Å². The van der Waals surface area contributed by atoms with Crippen LogP contribution < -0.4 is 5.32 Å². The molecule has 3 aromatic rings. The summed E-state index contributed by atoms with van der Waals surface area (Å²) in [6.07, 6.45) is 5.52.